The van der Waals surface area contributed by atoms with Crippen molar-refractivity contribution in [2.45, 2.75) is 37.9 Å². The summed E-state index contributed by atoms with van der Waals surface area (Å²) in [7, 11) is 0. The molecule has 0 aromatic carbocycles. The van der Waals surface area contributed by atoms with E-state index >= 15 is 0 Å². The second kappa shape index (κ2) is 6.43. The Labute approximate surface area is 119 Å². The van der Waals surface area contributed by atoms with Crippen molar-refractivity contribution in [3.8, 4) is 0 Å². The monoisotopic (exact) mass is 307 g/mol. The van der Waals surface area contributed by atoms with Crippen molar-refractivity contribution in [3.05, 3.63) is 11.6 Å². The molecule has 1 aromatic heterocycles. The number of nitrogens with zero attached hydrogens (tertiary/aromatic N) is 2. The smallest absolute Gasteiger partial charge is 0.353 e. The molecule has 1 aliphatic heterocycles. The zero-order valence-electron chi connectivity index (χ0n) is 10.8. The van der Waals surface area contributed by atoms with Crippen molar-refractivity contribution in [3.63, 3.8) is 0 Å². The number of aromatic nitrogens is 1. The maximum Gasteiger partial charge on any atom is 0.389 e. The third-order valence-electron chi connectivity index (χ3n) is 3.19. The Balaban J connectivity index is 1.70. The third-order valence-corrected chi connectivity index (χ3v) is 4.02. The van der Waals surface area contributed by atoms with Gasteiger partial charge >= 0.3 is 6.18 Å². The normalized spacial score (nSPS) is 17.2. The van der Waals surface area contributed by atoms with Gasteiger partial charge in [0.05, 0.1) is 6.42 Å². The molecule has 1 aromatic rings. The van der Waals surface area contributed by atoms with Gasteiger partial charge in [-0.15, -0.1) is 11.3 Å². The average Bonchev–Trinajstić information content (AvgIpc) is 2.90. The number of hydrogen-bond acceptors (Lipinski definition) is 4. The van der Waals surface area contributed by atoms with Crippen LogP contribution in [0.15, 0.2) is 11.6 Å². The molecule has 0 bridgehead atoms. The van der Waals surface area contributed by atoms with Crippen LogP contribution < -0.4 is 10.2 Å². The molecule has 1 fully saturated rings. The minimum absolute atomic E-state index is 0.0352. The van der Waals surface area contributed by atoms with Crippen molar-refractivity contribution < 1.29 is 18.0 Å². The summed E-state index contributed by atoms with van der Waals surface area (Å²) in [5, 5.41) is 5.53. The summed E-state index contributed by atoms with van der Waals surface area (Å²) in [5.74, 6) is -0.518. The number of piperidine rings is 1. The Hall–Kier alpha value is -1.31. The Morgan fingerprint density at radius 1 is 1.45 bits per heavy atom. The number of rotatable bonds is 4. The summed E-state index contributed by atoms with van der Waals surface area (Å²) in [6.45, 7) is 1.52. The molecule has 2 heterocycles. The lowest BCUT2D eigenvalue weighted by atomic mass is 10.1. The molecule has 0 radical (unpaired) electrons. The maximum absolute atomic E-state index is 12.0. The molecule has 1 aliphatic rings. The van der Waals surface area contributed by atoms with Gasteiger partial charge in [0.25, 0.3) is 0 Å². The van der Waals surface area contributed by atoms with Crippen molar-refractivity contribution >= 4 is 22.4 Å². The van der Waals surface area contributed by atoms with Crippen LogP contribution in [0.2, 0.25) is 0 Å². The van der Waals surface area contributed by atoms with E-state index in [1.807, 2.05) is 5.38 Å². The van der Waals surface area contributed by atoms with Gasteiger partial charge in [0.15, 0.2) is 5.13 Å². The number of alkyl halides is 3. The van der Waals surface area contributed by atoms with Gasteiger partial charge in [-0.05, 0) is 12.8 Å². The SMILES string of the molecule is O=C(CCC(F)(F)F)NC1CCN(c2nccs2)CC1. The second-order valence-electron chi connectivity index (χ2n) is 4.76. The highest BCUT2D eigenvalue weighted by Gasteiger charge is 2.29. The summed E-state index contributed by atoms with van der Waals surface area (Å²) in [6.07, 6.45) is -2.61. The maximum atomic E-state index is 12.0. The first kappa shape index (κ1) is 15.1. The summed E-state index contributed by atoms with van der Waals surface area (Å²) >= 11 is 1.56. The van der Waals surface area contributed by atoms with E-state index in [0.29, 0.717) is 0 Å². The molecule has 1 N–H and O–H groups in total. The van der Waals surface area contributed by atoms with Crippen LogP contribution in [0.1, 0.15) is 25.7 Å². The average molecular weight is 307 g/mol. The van der Waals surface area contributed by atoms with Gasteiger partial charge in [0, 0.05) is 37.1 Å². The van der Waals surface area contributed by atoms with Crippen molar-refractivity contribution in [2.24, 2.45) is 0 Å². The van der Waals surface area contributed by atoms with Crippen LogP contribution in [0.4, 0.5) is 18.3 Å². The molecule has 0 spiro atoms. The van der Waals surface area contributed by atoms with Gasteiger partial charge in [0.1, 0.15) is 0 Å². The molecule has 1 saturated heterocycles. The first-order valence-electron chi connectivity index (χ1n) is 6.44. The van der Waals surface area contributed by atoms with Crippen LogP contribution in [0.25, 0.3) is 0 Å². The Morgan fingerprint density at radius 2 is 2.15 bits per heavy atom. The van der Waals surface area contributed by atoms with Gasteiger partial charge in [-0.25, -0.2) is 4.98 Å². The van der Waals surface area contributed by atoms with Crippen LogP contribution in [0, 0.1) is 0 Å². The van der Waals surface area contributed by atoms with Crippen LogP contribution >= 0.6 is 11.3 Å². The molecule has 2 rings (SSSR count). The summed E-state index contributed by atoms with van der Waals surface area (Å²) in [4.78, 5) is 17.8. The Bertz CT molecular complexity index is 428. The highest BCUT2D eigenvalue weighted by Crippen LogP contribution is 2.23. The van der Waals surface area contributed by atoms with E-state index in [4.69, 9.17) is 0 Å². The number of amides is 1. The van der Waals surface area contributed by atoms with Crippen molar-refractivity contribution in [1.29, 1.82) is 0 Å². The number of carbonyl (C=O) groups excluding carboxylic acids is 1. The van der Waals surface area contributed by atoms with E-state index in [1.54, 1.807) is 17.5 Å². The number of thiazole rings is 1. The molecule has 0 atom stereocenters. The first-order valence-corrected chi connectivity index (χ1v) is 7.32. The van der Waals surface area contributed by atoms with Gasteiger partial charge < -0.3 is 10.2 Å². The molecule has 0 saturated carbocycles. The van der Waals surface area contributed by atoms with Crippen LogP contribution in [-0.4, -0.2) is 36.2 Å². The van der Waals surface area contributed by atoms with Gasteiger partial charge in [-0.1, -0.05) is 0 Å². The van der Waals surface area contributed by atoms with Gasteiger partial charge in [-0.2, -0.15) is 13.2 Å². The number of nitrogens with one attached hydrogen (secondary N) is 1. The summed E-state index contributed by atoms with van der Waals surface area (Å²) in [5.41, 5.74) is 0. The number of hydrogen-bond donors (Lipinski definition) is 1. The molecule has 112 valence electrons. The lowest BCUT2D eigenvalue weighted by Gasteiger charge is -2.32. The van der Waals surface area contributed by atoms with Crippen LogP contribution in [0.5, 0.6) is 0 Å². The fourth-order valence-electron chi connectivity index (χ4n) is 2.14. The van der Waals surface area contributed by atoms with Gasteiger partial charge in [0.2, 0.25) is 5.91 Å². The topological polar surface area (TPSA) is 45.2 Å². The molecule has 4 nitrogen and oxygen atoms in total. The molecular formula is C12H16F3N3OS. The van der Waals surface area contributed by atoms with Crippen molar-refractivity contribution in [1.82, 2.24) is 10.3 Å². The Kier molecular flexibility index (Phi) is 4.85. The lowest BCUT2D eigenvalue weighted by molar-refractivity contribution is -0.144. The van der Waals surface area contributed by atoms with E-state index in [-0.39, 0.29) is 6.04 Å². The molecular weight excluding hydrogens is 291 g/mol. The third kappa shape index (κ3) is 4.66. The highest BCUT2D eigenvalue weighted by atomic mass is 32.1. The predicted molar refractivity (Wildman–Crippen MR) is 70.8 cm³/mol. The highest BCUT2D eigenvalue weighted by molar-refractivity contribution is 7.13. The molecule has 1 amide bonds. The van der Waals surface area contributed by atoms with Gasteiger partial charge in [-0.3, -0.25) is 4.79 Å². The quantitative estimate of drug-likeness (QED) is 0.930. The summed E-state index contributed by atoms with van der Waals surface area (Å²) < 4.78 is 36.0. The zero-order chi connectivity index (χ0) is 14.6. The van der Waals surface area contributed by atoms with E-state index < -0.39 is 24.9 Å². The molecule has 8 heteroatoms. The largest absolute Gasteiger partial charge is 0.389 e. The van der Waals surface area contributed by atoms with Crippen LogP contribution in [0.3, 0.4) is 0 Å². The van der Waals surface area contributed by atoms with E-state index in [9.17, 15) is 18.0 Å². The predicted octanol–water partition coefficient (Wildman–Crippen LogP) is 2.57. The first-order chi connectivity index (χ1) is 9.44. The van der Waals surface area contributed by atoms with E-state index in [0.717, 1.165) is 31.1 Å². The zero-order valence-corrected chi connectivity index (χ0v) is 11.6. The van der Waals surface area contributed by atoms with Crippen molar-refractivity contribution in [2.75, 3.05) is 18.0 Å². The molecule has 0 aliphatic carbocycles. The Morgan fingerprint density at radius 3 is 2.70 bits per heavy atom. The standard InChI is InChI=1S/C12H16F3N3OS/c13-12(14,15)4-1-10(19)17-9-2-6-18(7-3-9)11-16-5-8-20-11/h5,8-9H,1-4,6-7H2,(H,17,19). The van der Waals surface area contributed by atoms with Crippen LogP contribution in [-0.2, 0) is 4.79 Å². The number of anilines is 1. The summed E-state index contributed by atoms with van der Waals surface area (Å²) in [6, 6.07) is -0.0352. The van der Waals surface area contributed by atoms with E-state index in [2.05, 4.69) is 15.2 Å². The lowest BCUT2D eigenvalue weighted by Crippen LogP contribution is -2.44. The number of carbonyl (C=O) groups is 1. The molecule has 0 unspecified atom stereocenters. The fraction of sp³-hybridized carbons (Fsp3) is 0.667. The second-order valence-corrected chi connectivity index (χ2v) is 5.63. The molecule has 20 heavy (non-hydrogen) atoms. The van der Waals surface area contributed by atoms with E-state index in [1.165, 1.54) is 0 Å². The minimum Gasteiger partial charge on any atom is -0.353 e. The fourth-order valence-corrected chi connectivity index (χ4v) is 2.84. The minimum atomic E-state index is -4.27. The number of halogens is 3.